The van der Waals surface area contributed by atoms with Crippen LogP contribution in [0.3, 0.4) is 0 Å². The largest absolute Gasteiger partial charge is 0.491 e. The second-order valence-electron chi connectivity index (χ2n) is 7.39. The zero-order chi connectivity index (χ0) is 21.6. The van der Waals surface area contributed by atoms with Gasteiger partial charge >= 0.3 is 5.97 Å². The third-order valence-corrected chi connectivity index (χ3v) is 5.38. The van der Waals surface area contributed by atoms with E-state index in [1.165, 1.54) is 10.5 Å². The Morgan fingerprint density at radius 2 is 1.77 bits per heavy atom. The van der Waals surface area contributed by atoms with E-state index in [-0.39, 0.29) is 38.0 Å². The number of fused-ring (bicyclic) bond motifs is 1. The number of carbonyl (C=O) groups excluding carboxylic acids is 3. The van der Waals surface area contributed by atoms with Crippen molar-refractivity contribution in [3.05, 3.63) is 66.2 Å². The van der Waals surface area contributed by atoms with Gasteiger partial charge in [-0.2, -0.15) is 0 Å². The molecule has 0 fully saturated rings. The molecule has 2 aromatic carbocycles. The quantitative estimate of drug-likeness (QED) is 0.695. The first-order valence-electron chi connectivity index (χ1n) is 10.3. The zero-order valence-corrected chi connectivity index (χ0v) is 17.2. The molecule has 2 aromatic rings. The molecule has 0 spiro atoms. The minimum atomic E-state index is -0.629. The first kappa shape index (κ1) is 20.7. The molecule has 7 heteroatoms. The van der Waals surface area contributed by atoms with Crippen LogP contribution in [0.15, 0.2) is 60.7 Å². The topological polar surface area (TPSA) is 76.1 Å². The lowest BCUT2D eigenvalue weighted by molar-refractivity contribution is -0.151. The summed E-state index contributed by atoms with van der Waals surface area (Å²) in [5, 5.41) is 0. The molecule has 7 nitrogen and oxygen atoms in total. The molecule has 2 aliphatic rings. The third-order valence-electron chi connectivity index (χ3n) is 5.38. The van der Waals surface area contributed by atoms with Gasteiger partial charge in [-0.3, -0.25) is 19.3 Å². The van der Waals surface area contributed by atoms with E-state index in [9.17, 15) is 14.4 Å². The van der Waals surface area contributed by atoms with E-state index in [1.807, 2.05) is 24.3 Å². The molecule has 0 bridgehead atoms. The first-order valence-corrected chi connectivity index (χ1v) is 10.3. The summed E-state index contributed by atoms with van der Waals surface area (Å²) in [6, 6.07) is 17.1. The van der Waals surface area contributed by atoms with Crippen LogP contribution in [0.4, 0.5) is 5.69 Å². The molecule has 0 saturated carbocycles. The van der Waals surface area contributed by atoms with E-state index in [1.54, 1.807) is 29.2 Å². The van der Waals surface area contributed by atoms with Crippen LogP contribution in [0.1, 0.15) is 18.4 Å². The minimum absolute atomic E-state index is 0.171. The van der Waals surface area contributed by atoms with Crippen LogP contribution in [0.2, 0.25) is 0 Å². The van der Waals surface area contributed by atoms with Crippen molar-refractivity contribution in [1.82, 2.24) is 4.90 Å². The average Bonchev–Trinajstić information content (AvgIpc) is 2.97. The zero-order valence-electron chi connectivity index (χ0n) is 17.2. The normalized spacial score (nSPS) is 16.0. The van der Waals surface area contributed by atoms with Crippen molar-refractivity contribution in [3.63, 3.8) is 0 Å². The van der Waals surface area contributed by atoms with Gasteiger partial charge < -0.3 is 14.4 Å². The van der Waals surface area contributed by atoms with E-state index in [0.29, 0.717) is 24.5 Å². The summed E-state index contributed by atoms with van der Waals surface area (Å²) in [4.78, 5) is 40.3. The summed E-state index contributed by atoms with van der Waals surface area (Å²) in [7, 11) is 0. The van der Waals surface area contributed by atoms with Crippen molar-refractivity contribution in [2.45, 2.75) is 12.8 Å². The van der Waals surface area contributed by atoms with Gasteiger partial charge in [0.25, 0.3) is 5.91 Å². The van der Waals surface area contributed by atoms with E-state index in [4.69, 9.17) is 9.47 Å². The highest BCUT2D eigenvalue weighted by Gasteiger charge is 2.26. The Kier molecular flexibility index (Phi) is 6.31. The van der Waals surface area contributed by atoms with Gasteiger partial charge in [0.05, 0.1) is 18.7 Å². The molecule has 0 saturated heterocycles. The average molecular weight is 420 g/mol. The van der Waals surface area contributed by atoms with Gasteiger partial charge in [0.15, 0.2) is 6.61 Å². The van der Waals surface area contributed by atoms with Crippen molar-refractivity contribution in [3.8, 4) is 5.75 Å². The molecular weight excluding hydrogens is 396 g/mol. The van der Waals surface area contributed by atoms with Gasteiger partial charge in [-0.05, 0) is 29.7 Å². The Labute approximate surface area is 180 Å². The number of hydrogen-bond acceptors (Lipinski definition) is 5. The molecule has 0 aliphatic carbocycles. The summed E-state index contributed by atoms with van der Waals surface area (Å²) in [6.45, 7) is 0.716. The van der Waals surface area contributed by atoms with Crippen molar-refractivity contribution in [2.75, 3.05) is 37.7 Å². The van der Waals surface area contributed by atoms with Crippen LogP contribution in [0.25, 0.3) is 5.57 Å². The van der Waals surface area contributed by atoms with Crippen molar-refractivity contribution >= 4 is 29.0 Å². The fraction of sp³-hybridized carbons (Fsp3) is 0.292. The Balaban J connectivity index is 1.31. The first-order chi connectivity index (χ1) is 15.1. The summed E-state index contributed by atoms with van der Waals surface area (Å²) in [6.07, 6.45) is 2.96. The van der Waals surface area contributed by atoms with Crippen LogP contribution in [-0.2, 0) is 19.1 Å². The van der Waals surface area contributed by atoms with Gasteiger partial charge in [-0.1, -0.05) is 48.5 Å². The van der Waals surface area contributed by atoms with Crippen LogP contribution in [0, 0.1) is 0 Å². The molecule has 2 amide bonds. The Hall–Kier alpha value is -3.61. The Bertz CT molecular complexity index is 1000. The highest BCUT2D eigenvalue weighted by molar-refractivity contribution is 5.99. The number of amides is 2. The highest BCUT2D eigenvalue weighted by atomic mass is 16.5. The van der Waals surface area contributed by atoms with Gasteiger partial charge in [-0.15, -0.1) is 0 Å². The predicted octanol–water partition coefficient (Wildman–Crippen LogP) is 2.66. The van der Waals surface area contributed by atoms with E-state index in [2.05, 4.69) is 12.1 Å². The maximum absolute atomic E-state index is 12.5. The fourth-order valence-corrected chi connectivity index (χ4v) is 3.71. The lowest BCUT2D eigenvalue weighted by Crippen LogP contribution is -2.40. The summed E-state index contributed by atoms with van der Waals surface area (Å²) >= 11 is 0. The molecule has 2 aliphatic heterocycles. The number of hydrogen-bond donors (Lipinski definition) is 0. The second-order valence-corrected chi connectivity index (χ2v) is 7.39. The fourth-order valence-electron chi connectivity index (χ4n) is 3.71. The van der Waals surface area contributed by atoms with Crippen LogP contribution in [0.5, 0.6) is 5.75 Å². The molecule has 0 radical (unpaired) electrons. The van der Waals surface area contributed by atoms with E-state index < -0.39 is 5.97 Å². The number of anilines is 1. The molecule has 0 atom stereocenters. The highest BCUT2D eigenvalue weighted by Crippen LogP contribution is 2.30. The number of ether oxygens (including phenoxy) is 2. The van der Waals surface area contributed by atoms with Gasteiger partial charge in [-0.25, -0.2) is 0 Å². The number of esters is 1. The van der Waals surface area contributed by atoms with Crippen molar-refractivity contribution < 1.29 is 23.9 Å². The van der Waals surface area contributed by atoms with Gasteiger partial charge in [0.1, 0.15) is 12.3 Å². The monoisotopic (exact) mass is 420 g/mol. The maximum atomic E-state index is 12.5. The SMILES string of the molecule is O=C(CN1C(=O)CCOc2ccccc21)OCC(=O)N1CC=C(c2ccccc2)CC1. The van der Waals surface area contributed by atoms with Gasteiger partial charge in [0.2, 0.25) is 5.91 Å². The Morgan fingerprint density at radius 1 is 1.00 bits per heavy atom. The lowest BCUT2D eigenvalue weighted by atomic mass is 10.00. The second kappa shape index (κ2) is 9.47. The number of nitrogens with zero attached hydrogens (tertiary/aromatic N) is 2. The summed E-state index contributed by atoms with van der Waals surface area (Å²) < 4.78 is 10.8. The molecule has 31 heavy (non-hydrogen) atoms. The molecule has 0 aromatic heterocycles. The van der Waals surface area contributed by atoms with Crippen LogP contribution < -0.4 is 9.64 Å². The predicted molar refractivity (Wildman–Crippen MR) is 115 cm³/mol. The smallest absolute Gasteiger partial charge is 0.326 e. The molecule has 2 heterocycles. The van der Waals surface area contributed by atoms with Crippen LogP contribution >= 0.6 is 0 Å². The summed E-state index contributed by atoms with van der Waals surface area (Å²) in [5.41, 5.74) is 2.90. The molecule has 0 N–H and O–H groups in total. The van der Waals surface area contributed by atoms with Crippen molar-refractivity contribution in [1.29, 1.82) is 0 Å². The van der Waals surface area contributed by atoms with E-state index in [0.717, 1.165) is 12.0 Å². The van der Waals surface area contributed by atoms with E-state index >= 15 is 0 Å². The standard InChI is InChI=1S/C24H24N2O5/c27-22-12-15-30-21-9-5-4-8-20(21)26(22)16-24(29)31-17-23(28)25-13-10-19(11-14-25)18-6-2-1-3-7-18/h1-10H,11-17H2. The van der Waals surface area contributed by atoms with Crippen LogP contribution in [-0.4, -0.2) is 55.5 Å². The lowest BCUT2D eigenvalue weighted by Gasteiger charge is -2.27. The Morgan fingerprint density at radius 3 is 2.55 bits per heavy atom. The minimum Gasteiger partial charge on any atom is -0.491 e. The number of carbonyl (C=O) groups is 3. The summed E-state index contributed by atoms with van der Waals surface area (Å²) in [5.74, 6) is -0.548. The molecule has 0 unspecified atom stereocenters. The number of rotatable bonds is 5. The van der Waals surface area contributed by atoms with Crippen molar-refractivity contribution in [2.24, 2.45) is 0 Å². The number of benzene rings is 2. The third kappa shape index (κ3) is 4.94. The number of para-hydroxylation sites is 2. The van der Waals surface area contributed by atoms with Gasteiger partial charge in [0, 0.05) is 13.1 Å². The molecule has 160 valence electrons. The maximum Gasteiger partial charge on any atom is 0.326 e. The molecular formula is C24H24N2O5. The molecule has 4 rings (SSSR count).